The number of rotatable bonds is 10. The number of pyridine rings is 1. The van der Waals surface area contributed by atoms with Crippen molar-refractivity contribution in [2.45, 2.75) is 72.4 Å². The molecule has 1 aromatic rings. The Labute approximate surface area is 213 Å². The average Bonchev–Trinajstić information content (AvgIpc) is 2.86. The van der Waals surface area contributed by atoms with Crippen LogP contribution in [-0.2, 0) is 6.18 Å². The maximum Gasteiger partial charge on any atom is 0.433 e. The Morgan fingerprint density at radius 1 is 1.17 bits per heavy atom. The number of nitrogens with zero attached hydrogens (tertiary/aromatic N) is 2. The van der Waals surface area contributed by atoms with Gasteiger partial charge >= 0.3 is 6.18 Å². The Kier molecular flexibility index (Phi) is 11.2. The van der Waals surface area contributed by atoms with Crippen molar-refractivity contribution in [1.82, 2.24) is 15.2 Å². The predicted molar refractivity (Wildman–Crippen MR) is 140 cm³/mol. The molecule has 7 heteroatoms. The van der Waals surface area contributed by atoms with Gasteiger partial charge in [0.15, 0.2) is 0 Å². The Hall–Kier alpha value is -3.09. The molecule has 0 unspecified atom stereocenters. The van der Waals surface area contributed by atoms with Crippen molar-refractivity contribution < 1.29 is 18.0 Å². The van der Waals surface area contributed by atoms with Crippen molar-refractivity contribution in [3.63, 3.8) is 0 Å². The zero-order valence-electron chi connectivity index (χ0n) is 21.8. The number of likely N-dealkylation sites (tertiary alicyclic amines) is 1. The number of hydrogen-bond acceptors (Lipinski definition) is 3. The largest absolute Gasteiger partial charge is 0.433 e. The molecule has 36 heavy (non-hydrogen) atoms. The van der Waals surface area contributed by atoms with Gasteiger partial charge in [-0.05, 0) is 81.4 Å². The number of aromatic nitrogens is 1. The van der Waals surface area contributed by atoms with Gasteiger partial charge in [0.05, 0.1) is 0 Å². The minimum atomic E-state index is -4.62. The number of amides is 1. The van der Waals surface area contributed by atoms with Gasteiger partial charge < -0.3 is 10.2 Å². The first-order chi connectivity index (χ1) is 17.1. The highest BCUT2D eigenvalue weighted by Crippen LogP contribution is 2.28. The Morgan fingerprint density at radius 2 is 1.86 bits per heavy atom. The van der Waals surface area contributed by atoms with Crippen LogP contribution in [0.3, 0.4) is 0 Å². The van der Waals surface area contributed by atoms with Crippen molar-refractivity contribution in [2.75, 3.05) is 13.1 Å². The monoisotopic (exact) mass is 501 g/mol. The summed E-state index contributed by atoms with van der Waals surface area (Å²) < 4.78 is 39.1. The van der Waals surface area contributed by atoms with Crippen LogP contribution in [0.2, 0.25) is 0 Å². The summed E-state index contributed by atoms with van der Waals surface area (Å²) in [7, 11) is 0. The number of allylic oxidation sites excluding steroid dienone is 7. The summed E-state index contributed by atoms with van der Waals surface area (Å²) in [6.07, 6.45) is 10.5. The van der Waals surface area contributed by atoms with Gasteiger partial charge in [0.2, 0.25) is 0 Å². The van der Waals surface area contributed by atoms with Crippen LogP contribution in [-0.4, -0.2) is 28.9 Å². The SMILES string of the molecule is C=C(/C=C(\C=C(/C)CCC)C(=C\C(=C/C)NC(=O)c1ccnc(C(F)(F)F)c1)/CC)N1CCCCC1. The number of piperidine rings is 1. The molecule has 1 aromatic heterocycles. The summed E-state index contributed by atoms with van der Waals surface area (Å²) in [6, 6.07) is 2.03. The van der Waals surface area contributed by atoms with Gasteiger partial charge in [0.1, 0.15) is 5.69 Å². The van der Waals surface area contributed by atoms with E-state index in [1.807, 2.05) is 13.0 Å². The predicted octanol–water partition coefficient (Wildman–Crippen LogP) is 7.74. The quantitative estimate of drug-likeness (QED) is 0.334. The summed E-state index contributed by atoms with van der Waals surface area (Å²) in [5.41, 5.74) is 3.55. The van der Waals surface area contributed by atoms with E-state index >= 15 is 0 Å². The van der Waals surface area contributed by atoms with Crippen LogP contribution in [0.25, 0.3) is 0 Å². The Morgan fingerprint density at radius 3 is 2.44 bits per heavy atom. The molecular weight excluding hydrogens is 463 g/mol. The van der Waals surface area contributed by atoms with Gasteiger partial charge in [-0.1, -0.05) is 44.6 Å². The van der Waals surface area contributed by atoms with E-state index in [-0.39, 0.29) is 5.56 Å². The molecule has 1 saturated heterocycles. The number of alkyl halides is 3. The molecule has 4 nitrogen and oxygen atoms in total. The van der Waals surface area contributed by atoms with Gasteiger partial charge in [0.25, 0.3) is 5.91 Å². The number of carbonyl (C=O) groups excluding carboxylic acids is 1. The van der Waals surface area contributed by atoms with Crippen molar-refractivity contribution in [2.24, 2.45) is 0 Å². The molecule has 0 aromatic carbocycles. The van der Waals surface area contributed by atoms with E-state index in [9.17, 15) is 18.0 Å². The first kappa shape index (κ1) is 29.1. The standard InChI is InChI=1S/C29H38F3N3O/c1-6-12-21(4)17-25(18-22(5)35-15-10-9-11-16-35)23(7-2)19-26(8-3)34-28(36)24-13-14-33-27(20-24)29(30,31)32/h8,13-14,17-20H,5-7,9-12,15-16H2,1-4H3,(H,34,36)/b21-17+,23-19-,25-18+,26-8+. The molecule has 196 valence electrons. The van der Waals surface area contributed by atoms with E-state index in [4.69, 9.17) is 0 Å². The summed E-state index contributed by atoms with van der Waals surface area (Å²) in [5, 5.41) is 2.75. The van der Waals surface area contributed by atoms with Crippen molar-refractivity contribution >= 4 is 5.91 Å². The van der Waals surface area contributed by atoms with Crippen LogP contribution < -0.4 is 5.32 Å². The lowest BCUT2D eigenvalue weighted by atomic mass is 9.97. The fourth-order valence-corrected chi connectivity index (χ4v) is 4.11. The molecule has 1 fully saturated rings. The Balaban J connectivity index is 2.36. The summed E-state index contributed by atoms with van der Waals surface area (Å²) in [5.74, 6) is -0.622. The van der Waals surface area contributed by atoms with Gasteiger partial charge in [-0.25, -0.2) is 0 Å². The molecule has 0 spiro atoms. The third kappa shape index (κ3) is 8.85. The Bertz CT molecular complexity index is 1040. The summed E-state index contributed by atoms with van der Waals surface area (Å²) in [6.45, 7) is 14.4. The van der Waals surface area contributed by atoms with Crippen LogP contribution in [0.15, 0.2) is 77.3 Å². The van der Waals surface area contributed by atoms with Gasteiger partial charge in [-0.3, -0.25) is 9.78 Å². The molecule has 0 atom stereocenters. The third-order valence-electron chi connectivity index (χ3n) is 6.09. The second-order valence-electron chi connectivity index (χ2n) is 9.03. The lowest BCUT2D eigenvalue weighted by molar-refractivity contribution is -0.141. The normalized spacial score (nSPS) is 16.2. The van der Waals surface area contributed by atoms with Crippen molar-refractivity contribution in [3.8, 4) is 0 Å². The topological polar surface area (TPSA) is 45.2 Å². The average molecular weight is 502 g/mol. The minimum absolute atomic E-state index is 0.101. The number of carbonyl (C=O) groups is 1. The van der Waals surface area contributed by atoms with Gasteiger partial charge in [0, 0.05) is 36.2 Å². The maximum absolute atomic E-state index is 13.0. The van der Waals surface area contributed by atoms with Crippen LogP contribution in [0.4, 0.5) is 13.2 Å². The fourth-order valence-electron chi connectivity index (χ4n) is 4.11. The molecule has 0 bridgehead atoms. The van der Waals surface area contributed by atoms with E-state index < -0.39 is 17.8 Å². The first-order valence-electron chi connectivity index (χ1n) is 12.6. The number of hydrogen-bond donors (Lipinski definition) is 1. The molecule has 1 aliphatic rings. The van der Waals surface area contributed by atoms with Crippen LogP contribution >= 0.6 is 0 Å². The van der Waals surface area contributed by atoms with Gasteiger partial charge in [-0.15, -0.1) is 0 Å². The van der Waals surface area contributed by atoms with Crippen LogP contribution in [0.1, 0.15) is 82.3 Å². The van der Waals surface area contributed by atoms with Crippen molar-refractivity contribution in [1.29, 1.82) is 0 Å². The molecule has 1 aliphatic heterocycles. The van der Waals surface area contributed by atoms with E-state index in [1.54, 1.807) is 13.0 Å². The lowest BCUT2D eigenvalue weighted by Gasteiger charge is -2.29. The zero-order valence-corrected chi connectivity index (χ0v) is 21.8. The molecule has 0 saturated carbocycles. The molecule has 1 amide bonds. The van der Waals surface area contributed by atoms with E-state index in [0.29, 0.717) is 12.1 Å². The van der Waals surface area contributed by atoms with E-state index in [1.165, 1.54) is 18.1 Å². The molecule has 2 heterocycles. The zero-order chi connectivity index (χ0) is 26.7. The molecular formula is C29H38F3N3O. The van der Waals surface area contributed by atoms with Crippen LogP contribution in [0, 0.1) is 0 Å². The first-order valence-corrected chi connectivity index (χ1v) is 12.6. The molecule has 0 radical (unpaired) electrons. The highest BCUT2D eigenvalue weighted by molar-refractivity contribution is 5.95. The lowest BCUT2D eigenvalue weighted by Crippen LogP contribution is -2.28. The summed E-state index contributed by atoms with van der Waals surface area (Å²) >= 11 is 0. The summed E-state index contributed by atoms with van der Waals surface area (Å²) in [4.78, 5) is 18.4. The molecule has 1 N–H and O–H groups in total. The van der Waals surface area contributed by atoms with Crippen LogP contribution in [0.5, 0.6) is 0 Å². The second-order valence-corrected chi connectivity index (χ2v) is 9.03. The number of halogens is 3. The van der Waals surface area contributed by atoms with E-state index in [2.05, 4.69) is 47.8 Å². The third-order valence-corrected chi connectivity index (χ3v) is 6.09. The highest BCUT2D eigenvalue weighted by atomic mass is 19.4. The molecule has 0 aliphatic carbocycles. The smallest absolute Gasteiger partial charge is 0.372 e. The fraction of sp³-hybridized carbons (Fsp3) is 0.448. The highest BCUT2D eigenvalue weighted by Gasteiger charge is 2.33. The molecule has 2 rings (SSSR count). The second kappa shape index (κ2) is 13.9. The van der Waals surface area contributed by atoms with Gasteiger partial charge in [-0.2, -0.15) is 13.2 Å². The van der Waals surface area contributed by atoms with E-state index in [0.717, 1.165) is 67.9 Å². The number of nitrogens with one attached hydrogen (secondary N) is 1. The maximum atomic E-state index is 13.0. The minimum Gasteiger partial charge on any atom is -0.372 e. The van der Waals surface area contributed by atoms with Crippen molar-refractivity contribution in [3.05, 3.63) is 88.6 Å².